The van der Waals surface area contributed by atoms with Crippen molar-refractivity contribution in [3.05, 3.63) is 89.1 Å². The number of amides is 1. The quantitative estimate of drug-likeness (QED) is 0.166. The number of carbonyl (C=O) groups excluding carboxylic acids is 1. The second-order valence-electron chi connectivity index (χ2n) is 7.62. The minimum Gasteiger partial charge on any atom is -0.438 e. The third-order valence-electron chi connectivity index (χ3n) is 4.77. The van der Waals surface area contributed by atoms with Crippen LogP contribution in [0.2, 0.25) is 0 Å². The molecule has 2 aromatic heterocycles. The maximum absolute atomic E-state index is 13.4. The summed E-state index contributed by atoms with van der Waals surface area (Å²) in [5.74, 6) is 0.270. The Labute approximate surface area is 206 Å². The van der Waals surface area contributed by atoms with E-state index in [4.69, 9.17) is 4.74 Å². The Kier molecular flexibility index (Phi) is 7.51. The monoisotopic (exact) mass is 490 g/mol. The molecule has 0 aliphatic carbocycles. The van der Waals surface area contributed by atoms with E-state index in [0.717, 1.165) is 17.1 Å². The average molecular weight is 491 g/mol. The van der Waals surface area contributed by atoms with Gasteiger partial charge in [0, 0.05) is 11.4 Å². The van der Waals surface area contributed by atoms with Gasteiger partial charge in [0.05, 0.1) is 28.9 Å². The summed E-state index contributed by atoms with van der Waals surface area (Å²) < 4.78 is 21.1. The lowest BCUT2D eigenvalue weighted by Gasteiger charge is -2.10. The fourth-order valence-corrected chi connectivity index (χ4v) is 3.95. The summed E-state index contributed by atoms with van der Waals surface area (Å²) in [6, 6.07) is 17.0. The zero-order valence-corrected chi connectivity index (χ0v) is 20.2. The SMILES string of the molecule is Cc1cc(C)nc(SCC(=O)N/N=C\c2c(C)nn(-c3ccccc3)c2Oc2ccc(F)cc2)n1. The Hall–Kier alpha value is -4.05. The predicted molar refractivity (Wildman–Crippen MR) is 133 cm³/mol. The minimum absolute atomic E-state index is 0.113. The van der Waals surface area contributed by atoms with Crippen molar-refractivity contribution < 1.29 is 13.9 Å². The molecule has 0 saturated heterocycles. The van der Waals surface area contributed by atoms with Crippen molar-refractivity contribution >= 4 is 23.9 Å². The van der Waals surface area contributed by atoms with Crippen LogP contribution in [0.4, 0.5) is 4.39 Å². The molecule has 2 heterocycles. The van der Waals surface area contributed by atoms with Gasteiger partial charge in [-0.3, -0.25) is 4.79 Å². The normalized spacial score (nSPS) is 11.1. The highest BCUT2D eigenvalue weighted by molar-refractivity contribution is 7.99. The molecule has 0 saturated carbocycles. The molecule has 8 nitrogen and oxygen atoms in total. The van der Waals surface area contributed by atoms with Crippen molar-refractivity contribution in [3.63, 3.8) is 0 Å². The van der Waals surface area contributed by atoms with Gasteiger partial charge in [-0.1, -0.05) is 30.0 Å². The smallest absolute Gasteiger partial charge is 0.250 e. The van der Waals surface area contributed by atoms with Crippen LogP contribution in [0, 0.1) is 26.6 Å². The molecule has 4 aromatic rings. The van der Waals surface area contributed by atoms with Crippen LogP contribution in [0.25, 0.3) is 5.69 Å². The fourth-order valence-electron chi connectivity index (χ4n) is 3.21. The molecule has 1 amide bonds. The van der Waals surface area contributed by atoms with E-state index in [1.54, 1.807) is 4.68 Å². The molecule has 2 aromatic carbocycles. The first-order valence-electron chi connectivity index (χ1n) is 10.7. The van der Waals surface area contributed by atoms with Gasteiger partial charge in [0.2, 0.25) is 5.88 Å². The Morgan fingerprint density at radius 1 is 1.09 bits per heavy atom. The summed E-state index contributed by atoms with van der Waals surface area (Å²) in [5, 5.41) is 9.22. The summed E-state index contributed by atoms with van der Waals surface area (Å²) in [6.45, 7) is 5.58. The maximum atomic E-state index is 13.4. The number of hydrogen-bond donors (Lipinski definition) is 1. The van der Waals surface area contributed by atoms with Crippen LogP contribution in [0.3, 0.4) is 0 Å². The number of aryl methyl sites for hydroxylation is 3. The number of hydrazone groups is 1. The van der Waals surface area contributed by atoms with Crippen LogP contribution < -0.4 is 10.2 Å². The molecule has 0 fully saturated rings. The van der Waals surface area contributed by atoms with Crippen molar-refractivity contribution in [1.82, 2.24) is 25.2 Å². The highest BCUT2D eigenvalue weighted by Gasteiger charge is 2.18. The largest absolute Gasteiger partial charge is 0.438 e. The average Bonchev–Trinajstić information content (AvgIpc) is 3.14. The predicted octanol–water partition coefficient (Wildman–Crippen LogP) is 4.76. The molecular formula is C25H23FN6O2S. The minimum atomic E-state index is -0.362. The van der Waals surface area contributed by atoms with Crippen LogP contribution in [-0.2, 0) is 4.79 Å². The summed E-state index contributed by atoms with van der Waals surface area (Å²) in [4.78, 5) is 20.9. The number of hydrogen-bond acceptors (Lipinski definition) is 7. The summed E-state index contributed by atoms with van der Waals surface area (Å²) >= 11 is 1.23. The number of nitrogens with zero attached hydrogens (tertiary/aromatic N) is 5. The highest BCUT2D eigenvalue weighted by Crippen LogP contribution is 2.29. The molecule has 0 bridgehead atoms. The molecule has 0 radical (unpaired) electrons. The van der Waals surface area contributed by atoms with Crippen LogP contribution in [0.1, 0.15) is 22.6 Å². The third kappa shape index (κ3) is 6.30. The van der Waals surface area contributed by atoms with Crippen molar-refractivity contribution in [2.75, 3.05) is 5.75 Å². The Bertz CT molecular complexity index is 1340. The highest BCUT2D eigenvalue weighted by atomic mass is 32.2. The molecule has 10 heteroatoms. The van der Waals surface area contributed by atoms with Crippen molar-refractivity contribution in [2.45, 2.75) is 25.9 Å². The second kappa shape index (κ2) is 10.9. The van der Waals surface area contributed by atoms with E-state index >= 15 is 0 Å². The van der Waals surface area contributed by atoms with Crippen LogP contribution in [0.5, 0.6) is 11.6 Å². The van der Waals surface area contributed by atoms with E-state index in [1.165, 1.54) is 42.2 Å². The molecule has 0 aliphatic rings. The lowest BCUT2D eigenvalue weighted by Crippen LogP contribution is -2.20. The van der Waals surface area contributed by atoms with Crippen molar-refractivity contribution in [2.24, 2.45) is 5.10 Å². The molecular weight excluding hydrogens is 467 g/mol. The van der Waals surface area contributed by atoms with Gasteiger partial charge in [0.25, 0.3) is 5.91 Å². The van der Waals surface area contributed by atoms with Gasteiger partial charge in [-0.05, 0) is 63.2 Å². The van der Waals surface area contributed by atoms with Crippen molar-refractivity contribution in [3.8, 4) is 17.3 Å². The van der Waals surface area contributed by atoms with Crippen molar-refractivity contribution in [1.29, 1.82) is 0 Å². The first-order valence-corrected chi connectivity index (χ1v) is 11.7. The summed E-state index contributed by atoms with van der Waals surface area (Å²) in [6.07, 6.45) is 1.48. The van der Waals surface area contributed by atoms with Crippen LogP contribution in [0.15, 0.2) is 70.9 Å². The number of benzene rings is 2. The number of ether oxygens (including phenoxy) is 1. The Morgan fingerprint density at radius 3 is 2.46 bits per heavy atom. The zero-order chi connectivity index (χ0) is 24.8. The third-order valence-corrected chi connectivity index (χ3v) is 5.62. The lowest BCUT2D eigenvalue weighted by molar-refractivity contribution is -0.118. The van der Waals surface area contributed by atoms with E-state index in [1.807, 2.05) is 57.2 Å². The van der Waals surface area contributed by atoms with Gasteiger partial charge in [0.15, 0.2) is 5.16 Å². The Morgan fingerprint density at radius 2 is 1.77 bits per heavy atom. The summed E-state index contributed by atoms with van der Waals surface area (Å²) in [7, 11) is 0. The van der Waals surface area contributed by atoms with Gasteiger partial charge in [0.1, 0.15) is 11.6 Å². The van der Waals surface area contributed by atoms with Crippen LogP contribution >= 0.6 is 11.8 Å². The maximum Gasteiger partial charge on any atom is 0.250 e. The van der Waals surface area contributed by atoms with Gasteiger partial charge in [-0.25, -0.2) is 19.8 Å². The Balaban J connectivity index is 1.52. The van der Waals surface area contributed by atoms with E-state index in [2.05, 4.69) is 25.6 Å². The molecule has 0 atom stereocenters. The summed E-state index contributed by atoms with van der Waals surface area (Å²) in [5.41, 5.74) is 6.20. The first kappa shape index (κ1) is 24.1. The van der Waals surface area contributed by atoms with Crippen LogP contribution in [-0.4, -0.2) is 37.6 Å². The topological polar surface area (TPSA) is 94.3 Å². The van der Waals surface area contributed by atoms with E-state index in [9.17, 15) is 9.18 Å². The number of thioether (sulfide) groups is 1. The van der Waals surface area contributed by atoms with E-state index < -0.39 is 0 Å². The lowest BCUT2D eigenvalue weighted by atomic mass is 10.2. The second-order valence-corrected chi connectivity index (χ2v) is 8.57. The number of aromatic nitrogens is 4. The molecule has 0 aliphatic heterocycles. The number of halogens is 1. The van der Waals surface area contributed by atoms with E-state index in [-0.39, 0.29) is 17.5 Å². The number of carbonyl (C=O) groups is 1. The molecule has 0 spiro atoms. The zero-order valence-electron chi connectivity index (χ0n) is 19.4. The van der Waals surface area contributed by atoms with Gasteiger partial charge >= 0.3 is 0 Å². The number of rotatable bonds is 8. The van der Waals surface area contributed by atoms with Gasteiger partial charge < -0.3 is 4.74 Å². The molecule has 178 valence electrons. The molecule has 0 unspecified atom stereocenters. The van der Waals surface area contributed by atoms with Gasteiger partial charge in [-0.2, -0.15) is 14.9 Å². The molecule has 1 N–H and O–H groups in total. The standard InChI is InChI=1S/C25H23FN6O2S/c1-16-13-17(2)29-25(28-16)35-15-23(33)30-27-14-22-18(3)31-32(20-7-5-4-6-8-20)24(22)34-21-11-9-19(26)10-12-21/h4-14H,15H2,1-3H3,(H,30,33)/b27-14-. The first-order chi connectivity index (χ1) is 16.9. The molecule has 4 rings (SSSR count). The van der Waals surface area contributed by atoms with E-state index in [0.29, 0.717) is 28.0 Å². The van der Waals surface area contributed by atoms with Gasteiger partial charge in [-0.15, -0.1) is 0 Å². The fraction of sp³-hybridized carbons (Fsp3) is 0.160. The number of para-hydroxylation sites is 1. The number of nitrogens with one attached hydrogen (secondary N) is 1. The molecule has 35 heavy (non-hydrogen) atoms.